The Morgan fingerprint density at radius 3 is 3.00 bits per heavy atom. The Balaban J connectivity index is 2.55. The van der Waals surface area contributed by atoms with Gasteiger partial charge in [-0.05, 0) is 18.1 Å². The summed E-state index contributed by atoms with van der Waals surface area (Å²) in [6, 6.07) is 8.12. The molecular formula is C11H14N2. The maximum absolute atomic E-state index is 6.28. The highest BCUT2D eigenvalue weighted by Crippen LogP contribution is 2.35. The molecule has 0 fully saturated rings. The fourth-order valence-electron chi connectivity index (χ4n) is 1.76. The first-order chi connectivity index (χ1) is 6.26. The van der Waals surface area contributed by atoms with E-state index >= 15 is 0 Å². The van der Waals surface area contributed by atoms with Gasteiger partial charge < -0.3 is 5.73 Å². The summed E-state index contributed by atoms with van der Waals surface area (Å²) in [4.78, 5) is 4.33. The highest BCUT2D eigenvalue weighted by atomic mass is 14.8. The Kier molecular flexibility index (Phi) is 1.93. The summed E-state index contributed by atoms with van der Waals surface area (Å²) in [5.41, 5.74) is 8.29. The zero-order valence-electron chi connectivity index (χ0n) is 7.83. The number of para-hydroxylation sites is 1. The van der Waals surface area contributed by atoms with Crippen LogP contribution in [0.2, 0.25) is 0 Å². The number of benzene rings is 1. The molecule has 1 aromatic carbocycles. The lowest BCUT2D eigenvalue weighted by molar-refractivity contribution is 0.445. The number of fused-ring (bicyclic) bond motifs is 1. The molecule has 2 nitrogen and oxygen atoms in total. The first-order valence-electron chi connectivity index (χ1n) is 4.67. The molecule has 68 valence electrons. The van der Waals surface area contributed by atoms with Gasteiger partial charge in [0.15, 0.2) is 0 Å². The Hall–Kier alpha value is -1.15. The van der Waals surface area contributed by atoms with Gasteiger partial charge >= 0.3 is 0 Å². The van der Waals surface area contributed by atoms with Gasteiger partial charge in [-0.15, -0.1) is 0 Å². The molecule has 0 aliphatic carbocycles. The molecule has 1 heterocycles. The SMILES string of the molecule is CCC1(N)CC=Nc2ccccc21. The van der Waals surface area contributed by atoms with Gasteiger partial charge in [0, 0.05) is 18.2 Å². The van der Waals surface area contributed by atoms with Crippen LogP contribution in [0.15, 0.2) is 29.3 Å². The number of aliphatic imine (C=N–C) groups is 1. The van der Waals surface area contributed by atoms with E-state index in [0.29, 0.717) is 0 Å². The summed E-state index contributed by atoms with van der Waals surface area (Å²) in [6.07, 6.45) is 3.72. The normalized spacial score (nSPS) is 25.7. The van der Waals surface area contributed by atoms with Gasteiger partial charge in [0.25, 0.3) is 0 Å². The summed E-state index contributed by atoms with van der Waals surface area (Å²) >= 11 is 0. The van der Waals surface area contributed by atoms with Gasteiger partial charge in [-0.25, -0.2) is 0 Å². The lowest BCUT2D eigenvalue weighted by Gasteiger charge is -2.31. The molecule has 1 aliphatic rings. The number of rotatable bonds is 1. The lowest BCUT2D eigenvalue weighted by atomic mass is 9.83. The third kappa shape index (κ3) is 1.27. The van der Waals surface area contributed by atoms with Crippen LogP contribution in [-0.4, -0.2) is 6.21 Å². The summed E-state index contributed by atoms with van der Waals surface area (Å²) < 4.78 is 0. The van der Waals surface area contributed by atoms with Crippen molar-refractivity contribution in [1.29, 1.82) is 0 Å². The van der Waals surface area contributed by atoms with Crippen molar-refractivity contribution in [2.45, 2.75) is 25.3 Å². The summed E-state index contributed by atoms with van der Waals surface area (Å²) in [6.45, 7) is 2.12. The third-order valence-electron chi connectivity index (χ3n) is 2.76. The molecule has 0 bridgehead atoms. The quantitative estimate of drug-likeness (QED) is 0.697. The molecule has 0 amide bonds. The first-order valence-corrected chi connectivity index (χ1v) is 4.67. The van der Waals surface area contributed by atoms with Gasteiger partial charge in [0.2, 0.25) is 0 Å². The summed E-state index contributed by atoms with van der Waals surface area (Å²) in [7, 11) is 0. The van der Waals surface area contributed by atoms with Gasteiger partial charge in [-0.3, -0.25) is 4.99 Å². The smallest absolute Gasteiger partial charge is 0.0676 e. The van der Waals surface area contributed by atoms with E-state index < -0.39 is 0 Å². The van der Waals surface area contributed by atoms with Crippen molar-refractivity contribution in [3.8, 4) is 0 Å². The second-order valence-electron chi connectivity index (χ2n) is 3.54. The van der Waals surface area contributed by atoms with Crippen LogP contribution in [0, 0.1) is 0 Å². The van der Waals surface area contributed by atoms with Crippen LogP contribution in [0.3, 0.4) is 0 Å². The predicted octanol–water partition coefficient (Wildman–Crippen LogP) is 2.36. The van der Waals surface area contributed by atoms with Gasteiger partial charge in [-0.2, -0.15) is 0 Å². The molecule has 1 unspecified atom stereocenters. The highest BCUT2D eigenvalue weighted by Gasteiger charge is 2.28. The standard InChI is InChI=1S/C11H14N2/c1-2-11(12)7-8-13-10-6-4-3-5-9(10)11/h3-6,8H,2,7,12H2,1H3. The molecule has 13 heavy (non-hydrogen) atoms. The third-order valence-corrected chi connectivity index (χ3v) is 2.76. The maximum atomic E-state index is 6.28. The molecule has 0 spiro atoms. The van der Waals surface area contributed by atoms with Crippen LogP contribution >= 0.6 is 0 Å². The molecule has 2 N–H and O–H groups in total. The number of nitrogens with zero attached hydrogens (tertiary/aromatic N) is 1. The monoisotopic (exact) mass is 174 g/mol. The summed E-state index contributed by atoms with van der Waals surface area (Å²) in [5, 5.41) is 0. The second kappa shape index (κ2) is 2.96. The van der Waals surface area contributed by atoms with Crippen molar-refractivity contribution >= 4 is 11.9 Å². The number of hydrogen-bond acceptors (Lipinski definition) is 2. The van der Waals surface area contributed by atoms with Gasteiger partial charge in [-0.1, -0.05) is 25.1 Å². The fourth-order valence-corrected chi connectivity index (χ4v) is 1.76. The van der Waals surface area contributed by atoms with Crippen molar-refractivity contribution in [2.24, 2.45) is 10.7 Å². The van der Waals surface area contributed by atoms with Crippen molar-refractivity contribution in [3.05, 3.63) is 29.8 Å². The molecule has 2 heteroatoms. The number of hydrogen-bond donors (Lipinski definition) is 1. The first kappa shape index (κ1) is 8.45. The van der Waals surface area contributed by atoms with E-state index in [1.54, 1.807) is 0 Å². The minimum atomic E-state index is -0.196. The molecular weight excluding hydrogens is 160 g/mol. The van der Waals surface area contributed by atoms with Crippen molar-refractivity contribution in [1.82, 2.24) is 0 Å². The van der Waals surface area contributed by atoms with Crippen molar-refractivity contribution in [2.75, 3.05) is 0 Å². The lowest BCUT2D eigenvalue weighted by Crippen LogP contribution is -2.37. The van der Waals surface area contributed by atoms with Crippen LogP contribution < -0.4 is 5.73 Å². The zero-order chi connectivity index (χ0) is 9.31. The van der Waals surface area contributed by atoms with E-state index in [0.717, 1.165) is 18.5 Å². The number of nitrogens with two attached hydrogens (primary N) is 1. The molecule has 0 saturated carbocycles. The average molecular weight is 174 g/mol. The van der Waals surface area contributed by atoms with Crippen LogP contribution in [0.25, 0.3) is 0 Å². The Morgan fingerprint density at radius 2 is 2.23 bits per heavy atom. The van der Waals surface area contributed by atoms with Crippen molar-refractivity contribution < 1.29 is 0 Å². The minimum Gasteiger partial charge on any atom is -0.321 e. The van der Waals surface area contributed by atoms with Gasteiger partial charge in [0.1, 0.15) is 0 Å². The minimum absolute atomic E-state index is 0.196. The summed E-state index contributed by atoms with van der Waals surface area (Å²) in [5.74, 6) is 0. The van der Waals surface area contributed by atoms with Crippen LogP contribution in [0.5, 0.6) is 0 Å². The Morgan fingerprint density at radius 1 is 1.46 bits per heavy atom. The predicted molar refractivity (Wildman–Crippen MR) is 55.4 cm³/mol. The largest absolute Gasteiger partial charge is 0.321 e. The molecule has 0 saturated heterocycles. The van der Waals surface area contributed by atoms with Crippen LogP contribution in [0.4, 0.5) is 5.69 Å². The van der Waals surface area contributed by atoms with E-state index in [1.165, 1.54) is 5.56 Å². The van der Waals surface area contributed by atoms with E-state index in [4.69, 9.17) is 5.73 Å². The highest BCUT2D eigenvalue weighted by molar-refractivity contribution is 5.71. The van der Waals surface area contributed by atoms with E-state index in [-0.39, 0.29) is 5.54 Å². The molecule has 0 radical (unpaired) electrons. The molecule has 1 aromatic rings. The zero-order valence-corrected chi connectivity index (χ0v) is 7.83. The van der Waals surface area contributed by atoms with Crippen LogP contribution in [0.1, 0.15) is 25.3 Å². The van der Waals surface area contributed by atoms with E-state index in [9.17, 15) is 0 Å². The maximum Gasteiger partial charge on any atom is 0.0676 e. The average Bonchev–Trinajstić information content (AvgIpc) is 2.19. The topological polar surface area (TPSA) is 38.4 Å². The van der Waals surface area contributed by atoms with E-state index in [1.807, 2.05) is 24.4 Å². The molecule has 1 aliphatic heterocycles. The van der Waals surface area contributed by atoms with Crippen LogP contribution in [-0.2, 0) is 5.54 Å². The van der Waals surface area contributed by atoms with Gasteiger partial charge in [0.05, 0.1) is 5.69 Å². The van der Waals surface area contributed by atoms with Crippen molar-refractivity contribution in [3.63, 3.8) is 0 Å². The molecule has 0 aromatic heterocycles. The Labute approximate surface area is 78.5 Å². The van der Waals surface area contributed by atoms with E-state index in [2.05, 4.69) is 18.0 Å². The molecule has 1 atom stereocenters. The fraction of sp³-hybridized carbons (Fsp3) is 0.364. The molecule has 2 rings (SSSR count). The Bertz CT molecular complexity index is 344. The second-order valence-corrected chi connectivity index (χ2v) is 3.54.